The molecule has 0 bridgehead atoms. The second-order valence-corrected chi connectivity index (χ2v) is 5.35. The van der Waals surface area contributed by atoms with Crippen LogP contribution in [0.25, 0.3) is 0 Å². The number of carbonyl (C=O) groups is 2. The molecular formula is C13H13Cl2NO4. The second-order valence-electron chi connectivity index (χ2n) is 4.57. The molecule has 1 aromatic rings. The number of aliphatic hydroxyl groups is 1. The van der Waals surface area contributed by atoms with Crippen molar-refractivity contribution in [1.82, 2.24) is 4.90 Å². The number of rotatable bonds is 3. The number of phenols is 1. The summed E-state index contributed by atoms with van der Waals surface area (Å²) in [7, 11) is 0. The Morgan fingerprint density at radius 3 is 2.75 bits per heavy atom. The molecule has 2 rings (SSSR count). The second kappa shape index (κ2) is 5.99. The number of halogens is 2. The lowest BCUT2D eigenvalue weighted by molar-refractivity contribution is -0.142. The first-order valence-electron chi connectivity index (χ1n) is 6.06. The molecule has 1 aromatic carbocycles. The molecule has 2 N–H and O–H groups in total. The molecule has 0 aliphatic carbocycles. The predicted octanol–water partition coefficient (Wildman–Crippen LogP) is 1.92. The molecule has 0 radical (unpaired) electrons. The minimum Gasteiger partial charge on any atom is -0.508 e. The maximum atomic E-state index is 11.8. The Morgan fingerprint density at radius 2 is 2.10 bits per heavy atom. The molecular weight excluding hydrogens is 305 g/mol. The van der Waals surface area contributed by atoms with Gasteiger partial charge in [-0.25, -0.2) is 0 Å². The van der Waals surface area contributed by atoms with Gasteiger partial charge in [0.2, 0.25) is 11.8 Å². The van der Waals surface area contributed by atoms with Crippen molar-refractivity contribution in [2.24, 2.45) is 0 Å². The summed E-state index contributed by atoms with van der Waals surface area (Å²) in [5.41, 5.74) is 0.381. The van der Waals surface area contributed by atoms with Crippen LogP contribution in [0.4, 0.5) is 0 Å². The van der Waals surface area contributed by atoms with E-state index < -0.39 is 11.8 Å². The molecule has 1 heterocycles. The van der Waals surface area contributed by atoms with E-state index in [0.717, 1.165) is 4.90 Å². The van der Waals surface area contributed by atoms with Gasteiger partial charge in [0.15, 0.2) is 0 Å². The number of nitrogens with zero attached hydrogens (tertiary/aromatic N) is 1. The van der Waals surface area contributed by atoms with E-state index in [2.05, 4.69) is 0 Å². The van der Waals surface area contributed by atoms with Gasteiger partial charge in [0.05, 0.1) is 23.1 Å². The van der Waals surface area contributed by atoms with Gasteiger partial charge in [-0.2, -0.15) is 0 Å². The van der Waals surface area contributed by atoms with E-state index in [-0.39, 0.29) is 47.7 Å². The molecule has 108 valence electrons. The SMILES string of the molecule is O=C(CCO)N1C[C@H](c2c(O)ccc(Cl)c2Cl)CC1=O. The van der Waals surface area contributed by atoms with Crippen molar-refractivity contribution in [1.29, 1.82) is 0 Å². The smallest absolute Gasteiger partial charge is 0.231 e. The third-order valence-electron chi connectivity index (χ3n) is 3.27. The molecule has 0 spiro atoms. The standard InChI is InChI=1S/C13H13Cl2NO4/c14-8-1-2-9(18)12(13(8)15)7-5-11(20)16(6-7)10(19)3-4-17/h1-2,7,17-18H,3-6H2/t7-/m1/s1. The van der Waals surface area contributed by atoms with Crippen LogP contribution in [-0.4, -0.2) is 40.1 Å². The number of phenolic OH excluding ortho intramolecular Hbond substituents is 1. The fraction of sp³-hybridized carbons (Fsp3) is 0.385. The summed E-state index contributed by atoms with van der Waals surface area (Å²) in [6.45, 7) is -0.179. The molecule has 20 heavy (non-hydrogen) atoms. The average Bonchev–Trinajstić information content (AvgIpc) is 2.77. The molecule has 1 aliphatic rings. The zero-order valence-corrected chi connectivity index (χ0v) is 12.0. The first kappa shape index (κ1) is 15.1. The summed E-state index contributed by atoms with van der Waals surface area (Å²) < 4.78 is 0. The zero-order valence-electron chi connectivity index (χ0n) is 10.5. The number of aliphatic hydroxyl groups excluding tert-OH is 1. The van der Waals surface area contributed by atoms with Crippen LogP contribution in [0.1, 0.15) is 24.3 Å². The lowest BCUT2D eigenvalue weighted by atomic mass is 9.97. The molecule has 0 aromatic heterocycles. The van der Waals surface area contributed by atoms with Crippen LogP contribution in [0.5, 0.6) is 5.75 Å². The lowest BCUT2D eigenvalue weighted by Gasteiger charge is -2.16. The Labute approximate surface area is 125 Å². The first-order chi connectivity index (χ1) is 9.45. The Balaban J connectivity index is 2.27. The summed E-state index contributed by atoms with van der Waals surface area (Å²) >= 11 is 12.0. The maximum absolute atomic E-state index is 11.8. The largest absolute Gasteiger partial charge is 0.508 e. The molecule has 2 amide bonds. The van der Waals surface area contributed by atoms with Crippen LogP contribution in [0.3, 0.4) is 0 Å². The number of hydrogen-bond acceptors (Lipinski definition) is 4. The number of likely N-dealkylation sites (tertiary alicyclic amines) is 1. The van der Waals surface area contributed by atoms with Gasteiger partial charge >= 0.3 is 0 Å². The number of carbonyl (C=O) groups excluding carboxylic acids is 2. The van der Waals surface area contributed by atoms with Gasteiger partial charge in [0.1, 0.15) is 5.75 Å². The summed E-state index contributed by atoms with van der Waals surface area (Å²) in [4.78, 5) is 24.6. The zero-order chi connectivity index (χ0) is 14.9. The molecule has 0 unspecified atom stereocenters. The van der Waals surface area contributed by atoms with Crippen LogP contribution < -0.4 is 0 Å². The summed E-state index contributed by atoms with van der Waals surface area (Å²) in [6.07, 6.45) is -0.0293. The molecule has 1 saturated heterocycles. The lowest BCUT2D eigenvalue weighted by Crippen LogP contribution is -2.32. The van der Waals surface area contributed by atoms with Crippen molar-refractivity contribution in [3.63, 3.8) is 0 Å². The summed E-state index contributed by atoms with van der Waals surface area (Å²) in [6, 6.07) is 2.88. The topological polar surface area (TPSA) is 77.8 Å². The Bertz CT molecular complexity index is 562. The first-order valence-corrected chi connectivity index (χ1v) is 6.82. The van der Waals surface area contributed by atoms with Gasteiger partial charge < -0.3 is 10.2 Å². The Morgan fingerprint density at radius 1 is 1.40 bits per heavy atom. The van der Waals surface area contributed by atoms with Gasteiger partial charge in [0.25, 0.3) is 0 Å². The highest BCUT2D eigenvalue weighted by Gasteiger charge is 2.36. The minimum atomic E-state index is -0.433. The number of imide groups is 1. The molecule has 5 nitrogen and oxygen atoms in total. The van der Waals surface area contributed by atoms with Gasteiger partial charge in [-0.3, -0.25) is 14.5 Å². The molecule has 1 atom stereocenters. The molecule has 7 heteroatoms. The number of aromatic hydroxyl groups is 1. The fourth-order valence-corrected chi connectivity index (χ4v) is 2.80. The fourth-order valence-electron chi connectivity index (χ4n) is 2.32. The van der Waals surface area contributed by atoms with Gasteiger partial charge in [-0.15, -0.1) is 0 Å². The van der Waals surface area contributed by atoms with Crippen LogP contribution in [0.2, 0.25) is 10.0 Å². The average molecular weight is 318 g/mol. The highest BCUT2D eigenvalue weighted by molar-refractivity contribution is 6.42. The van der Waals surface area contributed by atoms with Crippen molar-refractivity contribution in [2.75, 3.05) is 13.2 Å². The van der Waals surface area contributed by atoms with Crippen molar-refractivity contribution in [2.45, 2.75) is 18.8 Å². The van der Waals surface area contributed by atoms with Crippen molar-refractivity contribution < 1.29 is 19.8 Å². The van der Waals surface area contributed by atoms with E-state index in [0.29, 0.717) is 5.56 Å². The maximum Gasteiger partial charge on any atom is 0.231 e. The summed E-state index contributed by atoms with van der Waals surface area (Å²) in [5, 5.41) is 19.1. The molecule has 0 saturated carbocycles. The molecule has 1 fully saturated rings. The van der Waals surface area contributed by atoms with E-state index in [1.807, 2.05) is 0 Å². The van der Waals surface area contributed by atoms with E-state index in [9.17, 15) is 14.7 Å². The highest BCUT2D eigenvalue weighted by atomic mass is 35.5. The molecule has 1 aliphatic heterocycles. The van der Waals surface area contributed by atoms with E-state index >= 15 is 0 Å². The van der Waals surface area contributed by atoms with Gasteiger partial charge in [0, 0.05) is 24.4 Å². The monoisotopic (exact) mass is 317 g/mol. The van der Waals surface area contributed by atoms with E-state index in [1.54, 1.807) is 0 Å². The van der Waals surface area contributed by atoms with Crippen LogP contribution in [-0.2, 0) is 9.59 Å². The number of amides is 2. The number of hydrogen-bond donors (Lipinski definition) is 2. The van der Waals surface area contributed by atoms with Gasteiger partial charge in [-0.1, -0.05) is 23.2 Å². The minimum absolute atomic E-state index is 0.0475. The van der Waals surface area contributed by atoms with Crippen molar-refractivity contribution in [3.05, 3.63) is 27.7 Å². The number of benzene rings is 1. The van der Waals surface area contributed by atoms with Crippen molar-refractivity contribution >= 4 is 35.0 Å². The summed E-state index contributed by atoms with van der Waals surface area (Å²) in [5.74, 6) is -1.22. The third kappa shape index (κ3) is 2.75. The van der Waals surface area contributed by atoms with Crippen LogP contribution in [0, 0.1) is 0 Å². The highest BCUT2D eigenvalue weighted by Crippen LogP contribution is 2.41. The quantitative estimate of drug-likeness (QED) is 0.892. The predicted molar refractivity (Wildman–Crippen MR) is 73.9 cm³/mol. The van der Waals surface area contributed by atoms with E-state index in [4.69, 9.17) is 28.3 Å². The van der Waals surface area contributed by atoms with Crippen molar-refractivity contribution in [3.8, 4) is 5.75 Å². The van der Waals surface area contributed by atoms with Crippen LogP contribution >= 0.6 is 23.2 Å². The van der Waals surface area contributed by atoms with Crippen LogP contribution in [0.15, 0.2) is 12.1 Å². The third-order valence-corrected chi connectivity index (χ3v) is 4.09. The normalized spacial score (nSPS) is 18.6. The Kier molecular flexibility index (Phi) is 4.52. The van der Waals surface area contributed by atoms with Gasteiger partial charge in [-0.05, 0) is 12.1 Å². The van der Waals surface area contributed by atoms with E-state index in [1.165, 1.54) is 12.1 Å². The Hall–Kier alpha value is -1.30.